The van der Waals surface area contributed by atoms with Crippen LogP contribution < -0.4 is 5.73 Å². The van der Waals surface area contributed by atoms with E-state index in [1.165, 1.54) is 35.6 Å². The van der Waals surface area contributed by atoms with Crippen LogP contribution in [0.2, 0.25) is 0 Å². The number of benzene rings is 1. The van der Waals surface area contributed by atoms with E-state index >= 15 is 0 Å². The second-order valence-electron chi connectivity index (χ2n) is 9.96. The van der Waals surface area contributed by atoms with Crippen molar-refractivity contribution >= 4 is 16.6 Å². The SMILES string of the molecule is CC1(N)CCN(C(c2ccc3nnc(-c4ccc5ccc(C6CC6)cc5n4)n3c2)C(F)(F)F)C1. The maximum absolute atomic E-state index is 14.2. The zero-order chi connectivity index (χ0) is 23.7. The lowest BCUT2D eigenvalue weighted by Gasteiger charge is -2.31. The molecule has 0 bridgehead atoms. The standard InChI is InChI=1S/C25H25F3N6/c1-24(29)10-11-33(14-24)22(25(26,27)28)18-7-9-21-31-32-23(34(21)13-18)19-8-6-16-4-5-17(15-2-3-15)12-20(16)30-19/h4-9,12-13,15,22H,2-3,10-11,14,29H2,1H3. The summed E-state index contributed by atoms with van der Waals surface area (Å²) >= 11 is 0. The molecule has 6 rings (SSSR count). The Morgan fingerprint density at radius 1 is 1.09 bits per heavy atom. The number of likely N-dealkylation sites (tertiary alicyclic amines) is 1. The van der Waals surface area contributed by atoms with Gasteiger partial charge in [0.15, 0.2) is 11.5 Å². The Balaban J connectivity index is 1.42. The molecule has 1 saturated heterocycles. The fourth-order valence-corrected chi connectivity index (χ4v) is 5.02. The predicted octanol–water partition coefficient (Wildman–Crippen LogP) is 4.85. The van der Waals surface area contributed by atoms with E-state index in [-0.39, 0.29) is 12.1 Å². The molecule has 2 fully saturated rings. The molecule has 2 unspecified atom stereocenters. The van der Waals surface area contributed by atoms with Gasteiger partial charge in [0.1, 0.15) is 11.7 Å². The molecule has 2 N–H and O–H groups in total. The van der Waals surface area contributed by atoms with Crippen LogP contribution in [0.3, 0.4) is 0 Å². The lowest BCUT2D eigenvalue weighted by atomic mass is 10.0. The van der Waals surface area contributed by atoms with E-state index in [2.05, 4.69) is 28.4 Å². The van der Waals surface area contributed by atoms with Gasteiger partial charge in [-0.3, -0.25) is 9.30 Å². The van der Waals surface area contributed by atoms with Crippen molar-refractivity contribution in [3.8, 4) is 11.5 Å². The van der Waals surface area contributed by atoms with Gasteiger partial charge in [-0.15, -0.1) is 10.2 Å². The lowest BCUT2D eigenvalue weighted by Crippen LogP contribution is -2.43. The number of hydrogen-bond acceptors (Lipinski definition) is 5. The highest BCUT2D eigenvalue weighted by atomic mass is 19.4. The molecule has 2 aliphatic rings. The highest BCUT2D eigenvalue weighted by Crippen LogP contribution is 2.42. The second-order valence-corrected chi connectivity index (χ2v) is 9.96. The van der Waals surface area contributed by atoms with Crippen LogP contribution in [-0.4, -0.2) is 49.3 Å². The average molecular weight is 467 g/mol. The smallest absolute Gasteiger partial charge is 0.324 e. The number of hydrogen-bond donors (Lipinski definition) is 1. The van der Waals surface area contributed by atoms with Gasteiger partial charge in [-0.25, -0.2) is 4.98 Å². The number of rotatable bonds is 4. The summed E-state index contributed by atoms with van der Waals surface area (Å²) in [5, 5.41) is 9.45. The Hall–Kier alpha value is -3.04. The fraction of sp³-hybridized carbons (Fsp3) is 0.400. The molecule has 0 amide bonds. The zero-order valence-electron chi connectivity index (χ0n) is 18.8. The van der Waals surface area contributed by atoms with E-state index in [1.807, 2.05) is 12.1 Å². The van der Waals surface area contributed by atoms with Crippen LogP contribution in [0.5, 0.6) is 0 Å². The van der Waals surface area contributed by atoms with Gasteiger partial charge in [0.2, 0.25) is 0 Å². The van der Waals surface area contributed by atoms with Crippen LogP contribution >= 0.6 is 0 Å². The minimum Gasteiger partial charge on any atom is -0.324 e. The van der Waals surface area contributed by atoms with Gasteiger partial charge in [0, 0.05) is 30.2 Å². The Kier molecular flexibility index (Phi) is 4.73. The first kappa shape index (κ1) is 21.5. The molecule has 1 aromatic carbocycles. The van der Waals surface area contributed by atoms with Crippen molar-refractivity contribution in [2.45, 2.75) is 49.9 Å². The third-order valence-electron chi connectivity index (χ3n) is 6.94. The topological polar surface area (TPSA) is 72.3 Å². The molecule has 3 aromatic heterocycles. The Bertz CT molecular complexity index is 1390. The molecule has 1 aliphatic heterocycles. The molecular formula is C25H25F3N6. The largest absolute Gasteiger partial charge is 0.408 e. The van der Waals surface area contributed by atoms with E-state index in [9.17, 15) is 13.2 Å². The van der Waals surface area contributed by atoms with Crippen LogP contribution in [0.15, 0.2) is 48.7 Å². The van der Waals surface area contributed by atoms with E-state index in [1.54, 1.807) is 17.4 Å². The summed E-state index contributed by atoms with van der Waals surface area (Å²) in [7, 11) is 0. The Labute approximate surface area is 194 Å². The molecule has 1 saturated carbocycles. The second kappa shape index (κ2) is 7.48. The molecule has 176 valence electrons. The van der Waals surface area contributed by atoms with Crippen molar-refractivity contribution in [1.29, 1.82) is 0 Å². The first-order chi connectivity index (χ1) is 16.2. The fourth-order valence-electron chi connectivity index (χ4n) is 5.02. The maximum Gasteiger partial charge on any atom is 0.408 e. The summed E-state index contributed by atoms with van der Waals surface area (Å²) in [6.07, 6.45) is -0.0410. The van der Waals surface area contributed by atoms with Gasteiger partial charge < -0.3 is 5.73 Å². The molecule has 4 heterocycles. The van der Waals surface area contributed by atoms with E-state index in [0.29, 0.717) is 36.0 Å². The average Bonchev–Trinajstić information content (AvgIpc) is 3.46. The lowest BCUT2D eigenvalue weighted by molar-refractivity contribution is -0.184. The highest BCUT2D eigenvalue weighted by molar-refractivity contribution is 5.82. The molecule has 2 atom stereocenters. The zero-order valence-corrected chi connectivity index (χ0v) is 18.8. The number of fused-ring (bicyclic) bond motifs is 2. The van der Waals surface area contributed by atoms with Crippen molar-refractivity contribution in [3.05, 3.63) is 59.8 Å². The summed E-state index contributed by atoms with van der Waals surface area (Å²) in [6, 6.07) is 11.4. The van der Waals surface area contributed by atoms with Crippen molar-refractivity contribution in [2.75, 3.05) is 13.1 Å². The summed E-state index contributed by atoms with van der Waals surface area (Å²) in [5.74, 6) is 1.02. The van der Waals surface area contributed by atoms with Crippen molar-refractivity contribution in [2.24, 2.45) is 5.73 Å². The van der Waals surface area contributed by atoms with Crippen LogP contribution in [0.4, 0.5) is 13.2 Å². The molecule has 34 heavy (non-hydrogen) atoms. The number of nitrogens with zero attached hydrogens (tertiary/aromatic N) is 5. The van der Waals surface area contributed by atoms with Crippen LogP contribution in [0.1, 0.15) is 49.3 Å². The number of aromatic nitrogens is 4. The Morgan fingerprint density at radius 3 is 2.59 bits per heavy atom. The van der Waals surface area contributed by atoms with Crippen LogP contribution in [-0.2, 0) is 0 Å². The first-order valence-electron chi connectivity index (χ1n) is 11.5. The molecule has 4 aromatic rings. The molecule has 0 spiro atoms. The van der Waals surface area contributed by atoms with Gasteiger partial charge in [-0.1, -0.05) is 24.3 Å². The van der Waals surface area contributed by atoms with Crippen molar-refractivity contribution < 1.29 is 13.2 Å². The van der Waals surface area contributed by atoms with Crippen LogP contribution in [0.25, 0.3) is 28.1 Å². The van der Waals surface area contributed by atoms with Gasteiger partial charge in [-0.05, 0) is 61.4 Å². The number of nitrogens with two attached hydrogens (primary N) is 1. The monoisotopic (exact) mass is 466 g/mol. The number of halogens is 3. The summed E-state index contributed by atoms with van der Waals surface area (Å²) in [4.78, 5) is 6.20. The van der Waals surface area contributed by atoms with Gasteiger partial charge >= 0.3 is 6.18 Å². The number of pyridine rings is 2. The molecule has 1 aliphatic carbocycles. The third kappa shape index (κ3) is 3.82. The van der Waals surface area contributed by atoms with Crippen LogP contribution in [0, 0.1) is 0 Å². The van der Waals surface area contributed by atoms with Gasteiger partial charge in [0.05, 0.1) is 5.52 Å². The summed E-state index contributed by atoms with van der Waals surface area (Å²) in [5.41, 5.74) is 8.80. The van der Waals surface area contributed by atoms with Gasteiger partial charge in [-0.2, -0.15) is 13.2 Å². The minimum atomic E-state index is -4.44. The quantitative estimate of drug-likeness (QED) is 0.466. The normalized spacial score (nSPS) is 22.6. The summed E-state index contributed by atoms with van der Waals surface area (Å²) in [6.45, 7) is 2.27. The van der Waals surface area contributed by atoms with Gasteiger partial charge in [0.25, 0.3) is 0 Å². The predicted molar refractivity (Wildman–Crippen MR) is 123 cm³/mol. The molecule has 6 nitrogen and oxygen atoms in total. The minimum absolute atomic E-state index is 0.135. The van der Waals surface area contributed by atoms with E-state index < -0.39 is 17.8 Å². The van der Waals surface area contributed by atoms with Crippen molar-refractivity contribution in [1.82, 2.24) is 24.5 Å². The van der Waals surface area contributed by atoms with E-state index in [0.717, 1.165) is 10.9 Å². The highest BCUT2D eigenvalue weighted by Gasteiger charge is 2.48. The molecular weight excluding hydrogens is 441 g/mol. The third-order valence-corrected chi connectivity index (χ3v) is 6.94. The van der Waals surface area contributed by atoms with E-state index in [4.69, 9.17) is 10.7 Å². The first-order valence-corrected chi connectivity index (χ1v) is 11.5. The Morgan fingerprint density at radius 2 is 1.88 bits per heavy atom. The van der Waals surface area contributed by atoms with Crippen molar-refractivity contribution in [3.63, 3.8) is 0 Å². The molecule has 9 heteroatoms. The number of alkyl halides is 3. The molecule has 0 radical (unpaired) electrons. The summed E-state index contributed by atoms with van der Waals surface area (Å²) < 4.78 is 44.2. The maximum atomic E-state index is 14.2.